The molecule has 2 aliphatic rings. The molecule has 0 heterocycles. The van der Waals surface area contributed by atoms with E-state index in [1.165, 1.54) is 25.7 Å². The van der Waals surface area contributed by atoms with Gasteiger partial charge in [0.05, 0.1) is 6.10 Å². The van der Waals surface area contributed by atoms with Gasteiger partial charge < -0.3 is 15.4 Å². The van der Waals surface area contributed by atoms with E-state index in [4.69, 9.17) is 17.0 Å². The lowest BCUT2D eigenvalue weighted by Crippen LogP contribution is -2.40. The zero-order valence-electron chi connectivity index (χ0n) is 12.8. The normalized spacial score (nSPS) is 26.9. The van der Waals surface area contributed by atoms with Gasteiger partial charge in [-0.1, -0.05) is 12.5 Å². The fourth-order valence-corrected chi connectivity index (χ4v) is 3.95. The summed E-state index contributed by atoms with van der Waals surface area (Å²) in [5.74, 6) is 2.63. The van der Waals surface area contributed by atoms with Crippen LogP contribution in [0.2, 0.25) is 0 Å². The summed E-state index contributed by atoms with van der Waals surface area (Å²) >= 11 is 5.46. The summed E-state index contributed by atoms with van der Waals surface area (Å²) in [5, 5.41) is 7.51. The molecule has 2 aliphatic carbocycles. The highest BCUT2D eigenvalue weighted by Gasteiger charge is 2.39. The lowest BCUT2D eigenvalue weighted by atomic mass is 9.96. The predicted molar refractivity (Wildman–Crippen MR) is 90.8 cm³/mol. The van der Waals surface area contributed by atoms with E-state index in [2.05, 4.69) is 10.6 Å². The Morgan fingerprint density at radius 3 is 2.81 bits per heavy atom. The van der Waals surface area contributed by atoms with E-state index in [0.717, 1.165) is 28.4 Å². The van der Waals surface area contributed by atoms with Crippen molar-refractivity contribution < 1.29 is 4.74 Å². The molecule has 0 spiro atoms. The molecule has 0 unspecified atom stereocenters. The highest BCUT2D eigenvalue weighted by molar-refractivity contribution is 7.80. The number of thiocarbonyl (C=S) groups is 1. The van der Waals surface area contributed by atoms with Gasteiger partial charge in [0.1, 0.15) is 5.75 Å². The van der Waals surface area contributed by atoms with Crippen LogP contribution in [0.4, 0.5) is 5.69 Å². The number of nitrogens with one attached hydrogen (secondary N) is 2. The molecule has 2 fully saturated rings. The molecule has 2 N–H and O–H groups in total. The van der Waals surface area contributed by atoms with Crippen molar-refractivity contribution in [1.29, 1.82) is 0 Å². The summed E-state index contributed by atoms with van der Waals surface area (Å²) in [5.41, 5.74) is 0.980. The van der Waals surface area contributed by atoms with Crippen molar-refractivity contribution in [1.82, 2.24) is 5.32 Å². The number of fused-ring (bicyclic) bond motifs is 2. The average molecular weight is 304 g/mol. The second kappa shape index (κ2) is 6.22. The maximum Gasteiger partial charge on any atom is 0.171 e. The Morgan fingerprint density at radius 2 is 2.14 bits per heavy atom. The molecule has 114 valence electrons. The van der Waals surface area contributed by atoms with Crippen LogP contribution in [-0.4, -0.2) is 17.3 Å². The van der Waals surface area contributed by atoms with Crippen molar-refractivity contribution in [3.05, 3.63) is 24.3 Å². The van der Waals surface area contributed by atoms with Crippen LogP contribution in [0.25, 0.3) is 0 Å². The van der Waals surface area contributed by atoms with E-state index in [1.54, 1.807) is 0 Å². The van der Waals surface area contributed by atoms with Gasteiger partial charge in [-0.3, -0.25) is 0 Å². The molecule has 21 heavy (non-hydrogen) atoms. The van der Waals surface area contributed by atoms with Gasteiger partial charge in [0, 0.05) is 17.8 Å². The van der Waals surface area contributed by atoms with Gasteiger partial charge in [0.25, 0.3) is 0 Å². The van der Waals surface area contributed by atoms with Gasteiger partial charge in [-0.2, -0.15) is 0 Å². The molecule has 3 nitrogen and oxygen atoms in total. The molecule has 0 amide bonds. The molecule has 3 rings (SSSR count). The van der Waals surface area contributed by atoms with Crippen molar-refractivity contribution in [3.63, 3.8) is 0 Å². The minimum absolute atomic E-state index is 0.180. The molecule has 0 aromatic heterocycles. The van der Waals surface area contributed by atoms with Crippen LogP contribution in [0.5, 0.6) is 5.75 Å². The maximum absolute atomic E-state index is 5.71. The minimum Gasteiger partial charge on any atom is -0.491 e. The summed E-state index contributed by atoms with van der Waals surface area (Å²) in [4.78, 5) is 0. The number of anilines is 1. The van der Waals surface area contributed by atoms with E-state index in [1.807, 2.05) is 38.1 Å². The van der Waals surface area contributed by atoms with Crippen molar-refractivity contribution in [3.8, 4) is 5.75 Å². The lowest BCUT2D eigenvalue weighted by molar-refractivity contribution is 0.242. The summed E-state index contributed by atoms with van der Waals surface area (Å²) in [6.45, 7) is 4.06. The second-order valence-corrected chi connectivity index (χ2v) is 6.98. The Morgan fingerprint density at radius 1 is 1.29 bits per heavy atom. The second-order valence-electron chi connectivity index (χ2n) is 6.57. The maximum atomic E-state index is 5.71. The van der Waals surface area contributed by atoms with Crippen molar-refractivity contribution >= 4 is 23.0 Å². The van der Waals surface area contributed by atoms with Gasteiger partial charge in [0.15, 0.2) is 5.11 Å². The molecule has 0 saturated heterocycles. The first kappa shape index (κ1) is 14.6. The molecule has 2 saturated carbocycles. The molecule has 3 atom stereocenters. The van der Waals surface area contributed by atoms with Gasteiger partial charge in [-0.25, -0.2) is 0 Å². The number of benzene rings is 1. The first-order chi connectivity index (χ1) is 10.1. The SMILES string of the molecule is CC(C)Oc1cccc(NC(=S)N[C@@H]2C[C@@H]3CC[C@@H]2C3)c1. The number of ether oxygens (including phenoxy) is 1. The minimum atomic E-state index is 0.180. The van der Waals surface area contributed by atoms with Crippen LogP contribution in [-0.2, 0) is 0 Å². The first-order valence-corrected chi connectivity index (χ1v) is 8.35. The third-order valence-corrected chi connectivity index (χ3v) is 4.74. The first-order valence-electron chi connectivity index (χ1n) is 7.94. The van der Waals surface area contributed by atoms with Gasteiger partial charge in [0.2, 0.25) is 0 Å². The highest BCUT2D eigenvalue weighted by Crippen LogP contribution is 2.44. The van der Waals surface area contributed by atoms with Crippen molar-refractivity contribution in [2.24, 2.45) is 11.8 Å². The number of hydrogen-bond acceptors (Lipinski definition) is 2. The summed E-state index contributed by atoms with van der Waals surface area (Å²) in [6.07, 6.45) is 5.63. The molecule has 4 heteroatoms. The third-order valence-electron chi connectivity index (χ3n) is 4.52. The van der Waals surface area contributed by atoms with E-state index < -0.39 is 0 Å². The fourth-order valence-electron chi connectivity index (χ4n) is 3.68. The Balaban J connectivity index is 1.55. The Kier molecular flexibility index (Phi) is 4.34. The molecule has 2 bridgehead atoms. The molecular weight excluding hydrogens is 280 g/mol. The van der Waals surface area contributed by atoms with E-state index >= 15 is 0 Å². The van der Waals surface area contributed by atoms with Crippen LogP contribution in [0, 0.1) is 11.8 Å². The number of rotatable bonds is 4. The number of hydrogen-bond donors (Lipinski definition) is 2. The summed E-state index contributed by atoms with van der Waals surface area (Å²) < 4.78 is 5.71. The third kappa shape index (κ3) is 3.67. The van der Waals surface area contributed by atoms with Crippen LogP contribution < -0.4 is 15.4 Å². The Labute approximate surface area is 132 Å². The van der Waals surface area contributed by atoms with Gasteiger partial charge in [-0.15, -0.1) is 0 Å². The van der Waals surface area contributed by atoms with Gasteiger partial charge in [-0.05, 0) is 69.3 Å². The van der Waals surface area contributed by atoms with Crippen LogP contribution in [0.1, 0.15) is 39.5 Å². The predicted octanol–water partition coefficient (Wildman–Crippen LogP) is 3.95. The van der Waals surface area contributed by atoms with Crippen LogP contribution in [0.15, 0.2) is 24.3 Å². The van der Waals surface area contributed by atoms with Gasteiger partial charge >= 0.3 is 0 Å². The van der Waals surface area contributed by atoms with E-state index in [0.29, 0.717) is 6.04 Å². The topological polar surface area (TPSA) is 33.3 Å². The quantitative estimate of drug-likeness (QED) is 0.825. The van der Waals surface area contributed by atoms with E-state index in [-0.39, 0.29) is 6.10 Å². The fraction of sp³-hybridized carbons (Fsp3) is 0.588. The molecular formula is C17H24N2OS. The zero-order valence-corrected chi connectivity index (χ0v) is 13.6. The van der Waals surface area contributed by atoms with Crippen LogP contribution >= 0.6 is 12.2 Å². The van der Waals surface area contributed by atoms with Crippen molar-refractivity contribution in [2.45, 2.75) is 51.7 Å². The Bertz CT molecular complexity index is 517. The standard InChI is InChI=1S/C17H24N2OS/c1-11(2)20-15-5-3-4-14(10-15)18-17(21)19-16-9-12-6-7-13(16)8-12/h3-5,10-13,16H,6-9H2,1-2H3,(H2,18,19,21)/t12-,13-,16-/m1/s1. The summed E-state index contributed by atoms with van der Waals surface area (Å²) in [6, 6.07) is 8.54. The molecule has 1 aromatic rings. The monoisotopic (exact) mass is 304 g/mol. The molecule has 0 aliphatic heterocycles. The highest BCUT2D eigenvalue weighted by atomic mass is 32.1. The summed E-state index contributed by atoms with van der Waals surface area (Å²) in [7, 11) is 0. The largest absolute Gasteiger partial charge is 0.491 e. The average Bonchev–Trinajstić information content (AvgIpc) is 3.00. The molecule has 0 radical (unpaired) electrons. The molecule has 1 aromatic carbocycles. The van der Waals surface area contributed by atoms with Crippen molar-refractivity contribution in [2.75, 3.05) is 5.32 Å². The Hall–Kier alpha value is -1.29. The lowest BCUT2D eigenvalue weighted by Gasteiger charge is -2.24. The smallest absolute Gasteiger partial charge is 0.171 e. The van der Waals surface area contributed by atoms with E-state index in [9.17, 15) is 0 Å². The zero-order chi connectivity index (χ0) is 14.8. The van der Waals surface area contributed by atoms with Crippen LogP contribution in [0.3, 0.4) is 0 Å².